The van der Waals surface area contributed by atoms with Crippen molar-refractivity contribution in [2.45, 2.75) is 0 Å². The van der Waals surface area contributed by atoms with Crippen LogP contribution in [0, 0.1) is 0 Å². The van der Waals surface area contributed by atoms with Crippen LogP contribution < -0.4 is 0 Å². The Kier molecular flexibility index (Phi) is 4.04. The third-order valence-corrected chi connectivity index (χ3v) is 0.574. The molecule has 0 amide bonds. The lowest BCUT2D eigenvalue weighted by molar-refractivity contribution is -0.126. The third kappa shape index (κ3) is 4.47. The normalized spacial score (nSPS) is 10.7. The minimum Gasteiger partial charge on any atom is -0.516 e. The molecular formula is C6H6O3. The first-order valence-electron chi connectivity index (χ1n) is 2.28. The molecule has 48 valence electrons. The van der Waals surface area contributed by atoms with Crippen molar-refractivity contribution >= 4 is 12.1 Å². The molecule has 0 bridgehead atoms. The van der Waals surface area contributed by atoms with Crippen LogP contribution in [0.3, 0.4) is 0 Å². The van der Waals surface area contributed by atoms with E-state index in [2.05, 4.69) is 0 Å². The summed E-state index contributed by atoms with van der Waals surface area (Å²) >= 11 is 0. The fourth-order valence-corrected chi connectivity index (χ4v) is 0.239. The highest BCUT2D eigenvalue weighted by Crippen LogP contribution is 1.74. The molecule has 0 rings (SSSR count). The Balaban J connectivity index is 3.70. The maximum atomic E-state index is 10.1. The van der Waals surface area contributed by atoms with Gasteiger partial charge >= 0.3 is 0 Å². The lowest BCUT2D eigenvalue weighted by atomic mass is 10.4. The van der Waals surface area contributed by atoms with Gasteiger partial charge in [0.1, 0.15) is 0 Å². The van der Waals surface area contributed by atoms with Crippen molar-refractivity contribution in [3.63, 3.8) is 0 Å². The van der Waals surface area contributed by atoms with Crippen molar-refractivity contribution in [2.24, 2.45) is 0 Å². The first kappa shape index (κ1) is 7.62. The quantitative estimate of drug-likeness (QED) is 0.195. The fourth-order valence-electron chi connectivity index (χ4n) is 0.239. The van der Waals surface area contributed by atoms with E-state index in [1.165, 1.54) is 12.2 Å². The maximum absolute atomic E-state index is 10.1. The molecule has 0 aromatic heterocycles. The number of rotatable bonds is 3. The molecular weight excluding hydrogens is 120 g/mol. The van der Waals surface area contributed by atoms with Crippen molar-refractivity contribution in [3.8, 4) is 0 Å². The molecule has 0 saturated carbocycles. The number of carbonyl (C=O) groups is 2. The SMILES string of the molecule is O=CC(=O)/C=C/C=C/O. The molecule has 0 aromatic carbocycles. The van der Waals surface area contributed by atoms with E-state index in [-0.39, 0.29) is 6.29 Å². The van der Waals surface area contributed by atoms with Crippen molar-refractivity contribution in [1.29, 1.82) is 0 Å². The van der Waals surface area contributed by atoms with Crippen LogP contribution in [-0.2, 0) is 9.59 Å². The topological polar surface area (TPSA) is 54.4 Å². The molecule has 9 heavy (non-hydrogen) atoms. The number of hydrogen-bond donors (Lipinski definition) is 1. The molecule has 0 aliphatic carbocycles. The molecule has 3 heteroatoms. The van der Waals surface area contributed by atoms with Crippen molar-refractivity contribution in [1.82, 2.24) is 0 Å². The Hall–Kier alpha value is -1.38. The Morgan fingerprint density at radius 1 is 1.33 bits per heavy atom. The van der Waals surface area contributed by atoms with Gasteiger partial charge < -0.3 is 5.11 Å². The molecule has 1 N–H and O–H groups in total. The summed E-state index contributed by atoms with van der Waals surface area (Å²) in [7, 11) is 0. The average Bonchev–Trinajstić information content (AvgIpc) is 1.89. The smallest absolute Gasteiger partial charge is 0.218 e. The lowest BCUT2D eigenvalue weighted by Gasteiger charge is -1.71. The van der Waals surface area contributed by atoms with E-state index in [9.17, 15) is 9.59 Å². The summed E-state index contributed by atoms with van der Waals surface area (Å²) in [6, 6.07) is 0. The molecule has 0 heterocycles. The van der Waals surface area contributed by atoms with E-state index >= 15 is 0 Å². The molecule has 0 aliphatic heterocycles. The van der Waals surface area contributed by atoms with Gasteiger partial charge in [-0.2, -0.15) is 0 Å². The van der Waals surface area contributed by atoms with E-state index in [1.807, 2.05) is 0 Å². The summed E-state index contributed by atoms with van der Waals surface area (Å²) in [6.07, 6.45) is 4.54. The van der Waals surface area contributed by atoms with Gasteiger partial charge in [-0.1, -0.05) is 6.08 Å². The van der Waals surface area contributed by atoms with E-state index < -0.39 is 5.78 Å². The van der Waals surface area contributed by atoms with Gasteiger partial charge in [-0.25, -0.2) is 0 Å². The highest BCUT2D eigenvalue weighted by molar-refractivity contribution is 6.30. The third-order valence-electron chi connectivity index (χ3n) is 0.574. The van der Waals surface area contributed by atoms with Gasteiger partial charge in [-0.3, -0.25) is 9.59 Å². The number of aliphatic hydroxyl groups excluding tert-OH is 1. The average molecular weight is 126 g/mol. The molecule has 3 nitrogen and oxygen atoms in total. The molecule has 0 radical (unpaired) electrons. The van der Waals surface area contributed by atoms with Crippen molar-refractivity contribution in [2.75, 3.05) is 0 Å². The fraction of sp³-hybridized carbons (Fsp3) is 0. The van der Waals surface area contributed by atoms with Crippen LogP contribution in [0.5, 0.6) is 0 Å². The highest BCUT2D eigenvalue weighted by Gasteiger charge is 1.85. The Bertz CT molecular complexity index is 156. The summed E-state index contributed by atoms with van der Waals surface area (Å²) in [5.74, 6) is -0.617. The van der Waals surface area contributed by atoms with Gasteiger partial charge in [-0.15, -0.1) is 0 Å². The minimum atomic E-state index is -0.617. The van der Waals surface area contributed by atoms with Crippen LogP contribution in [0.2, 0.25) is 0 Å². The summed E-state index contributed by atoms with van der Waals surface area (Å²) in [4.78, 5) is 19.7. The highest BCUT2D eigenvalue weighted by atomic mass is 16.2. The second-order valence-corrected chi connectivity index (χ2v) is 1.22. The number of carbonyl (C=O) groups excluding carboxylic acids is 2. The largest absolute Gasteiger partial charge is 0.516 e. The summed E-state index contributed by atoms with van der Waals surface area (Å²) in [6.45, 7) is 0. The summed E-state index contributed by atoms with van der Waals surface area (Å²) in [5, 5.41) is 8.02. The minimum absolute atomic E-state index is 0.196. The molecule has 0 aliphatic rings. The molecule has 0 fully saturated rings. The Labute approximate surface area is 52.3 Å². The Morgan fingerprint density at radius 2 is 2.00 bits per heavy atom. The molecule has 0 spiro atoms. The maximum Gasteiger partial charge on any atom is 0.218 e. The van der Waals surface area contributed by atoms with Crippen LogP contribution in [0.4, 0.5) is 0 Å². The van der Waals surface area contributed by atoms with E-state index in [1.54, 1.807) is 0 Å². The van der Waals surface area contributed by atoms with Crippen LogP contribution >= 0.6 is 0 Å². The van der Waals surface area contributed by atoms with Gasteiger partial charge in [0, 0.05) is 0 Å². The standard InChI is InChI=1S/C6H6O3/c7-4-2-1-3-6(9)5-8/h1-5,7H/b3-1+,4-2+. The van der Waals surface area contributed by atoms with Crippen molar-refractivity contribution < 1.29 is 14.7 Å². The van der Waals surface area contributed by atoms with Gasteiger partial charge in [0.2, 0.25) is 5.78 Å². The molecule has 0 unspecified atom stereocenters. The molecule has 0 saturated heterocycles. The van der Waals surface area contributed by atoms with Gasteiger partial charge in [0.25, 0.3) is 0 Å². The predicted molar refractivity (Wildman–Crippen MR) is 32.0 cm³/mol. The van der Waals surface area contributed by atoms with Crippen LogP contribution in [-0.4, -0.2) is 17.2 Å². The van der Waals surface area contributed by atoms with Gasteiger partial charge in [0.15, 0.2) is 6.29 Å². The number of aliphatic hydroxyl groups is 1. The number of ketones is 1. The Morgan fingerprint density at radius 3 is 2.44 bits per heavy atom. The van der Waals surface area contributed by atoms with Crippen molar-refractivity contribution in [3.05, 3.63) is 24.5 Å². The van der Waals surface area contributed by atoms with E-state index in [4.69, 9.17) is 5.11 Å². The monoisotopic (exact) mass is 126 g/mol. The lowest BCUT2D eigenvalue weighted by Crippen LogP contribution is -1.90. The summed E-state index contributed by atoms with van der Waals surface area (Å²) in [5.41, 5.74) is 0. The number of hydrogen-bond acceptors (Lipinski definition) is 3. The molecule has 0 aromatic rings. The van der Waals surface area contributed by atoms with Crippen LogP contribution in [0.1, 0.15) is 0 Å². The second-order valence-electron chi connectivity index (χ2n) is 1.22. The first-order valence-corrected chi connectivity index (χ1v) is 2.28. The van der Waals surface area contributed by atoms with Gasteiger partial charge in [-0.05, 0) is 12.2 Å². The number of aldehydes is 1. The van der Waals surface area contributed by atoms with Crippen LogP contribution in [0.25, 0.3) is 0 Å². The zero-order valence-corrected chi connectivity index (χ0v) is 4.65. The molecule has 0 atom stereocenters. The second kappa shape index (κ2) is 4.77. The zero-order chi connectivity index (χ0) is 7.11. The predicted octanol–water partition coefficient (Wildman–Crippen LogP) is 0.382. The van der Waals surface area contributed by atoms with E-state index in [0.29, 0.717) is 0 Å². The van der Waals surface area contributed by atoms with E-state index in [0.717, 1.165) is 12.3 Å². The first-order chi connectivity index (χ1) is 4.31. The zero-order valence-electron chi connectivity index (χ0n) is 4.65. The summed E-state index contributed by atoms with van der Waals surface area (Å²) < 4.78 is 0. The van der Waals surface area contributed by atoms with Gasteiger partial charge in [0.05, 0.1) is 6.26 Å². The number of allylic oxidation sites excluding steroid dienone is 3. The van der Waals surface area contributed by atoms with Crippen LogP contribution in [0.15, 0.2) is 24.5 Å².